The molecule has 0 aromatic rings. The fraction of sp³-hybridized carbons (Fsp3) is 0.882. The molecular formula is C17H30O. The van der Waals surface area contributed by atoms with Crippen LogP contribution in [-0.4, -0.2) is 12.7 Å². The van der Waals surface area contributed by atoms with Gasteiger partial charge in [0, 0.05) is 6.61 Å². The van der Waals surface area contributed by atoms with Crippen LogP contribution in [0.2, 0.25) is 0 Å². The van der Waals surface area contributed by atoms with Crippen molar-refractivity contribution >= 4 is 0 Å². The molecule has 2 aliphatic carbocycles. The maximum Gasteiger partial charge on any atom is 0.0575 e. The van der Waals surface area contributed by atoms with Gasteiger partial charge in [0.25, 0.3) is 0 Å². The predicted octanol–water partition coefficient (Wildman–Crippen LogP) is 4.96. The van der Waals surface area contributed by atoms with E-state index in [0.717, 1.165) is 24.4 Å². The third-order valence-corrected chi connectivity index (χ3v) is 5.18. The first-order valence-corrected chi connectivity index (χ1v) is 8.06. The van der Waals surface area contributed by atoms with Gasteiger partial charge in [-0.25, -0.2) is 0 Å². The Bertz CT molecular complexity index is 232. The lowest BCUT2D eigenvalue weighted by molar-refractivity contribution is 0.0136. The van der Waals surface area contributed by atoms with Gasteiger partial charge in [-0.3, -0.25) is 0 Å². The fourth-order valence-corrected chi connectivity index (χ4v) is 4.09. The third-order valence-electron chi connectivity index (χ3n) is 5.18. The molecule has 1 nitrogen and oxygen atoms in total. The molecule has 0 amide bonds. The molecule has 0 spiro atoms. The van der Waals surface area contributed by atoms with E-state index in [1.165, 1.54) is 57.8 Å². The normalized spacial score (nSPS) is 37.4. The molecule has 2 saturated carbocycles. The Morgan fingerprint density at radius 3 is 2.00 bits per heavy atom. The molecular weight excluding hydrogens is 220 g/mol. The summed E-state index contributed by atoms with van der Waals surface area (Å²) < 4.78 is 5.76. The van der Waals surface area contributed by atoms with Crippen LogP contribution in [0.25, 0.3) is 0 Å². The quantitative estimate of drug-likeness (QED) is 0.626. The number of hydrogen-bond donors (Lipinski definition) is 0. The standard InChI is InChI=1S/C17H30O/c1-3-5-14-6-8-15(9-7-14)16-10-12-17(13-11-16)18-4-2/h3,14-17H,1,4-13H2,2H3. The second-order valence-corrected chi connectivity index (χ2v) is 6.30. The Balaban J connectivity index is 1.69. The molecule has 2 aliphatic rings. The molecule has 0 heterocycles. The molecule has 104 valence electrons. The Morgan fingerprint density at radius 1 is 0.944 bits per heavy atom. The second kappa shape index (κ2) is 7.33. The van der Waals surface area contributed by atoms with Crippen molar-refractivity contribution in [2.75, 3.05) is 6.61 Å². The molecule has 0 aromatic heterocycles. The predicted molar refractivity (Wildman–Crippen MR) is 77.6 cm³/mol. The average molecular weight is 250 g/mol. The number of allylic oxidation sites excluding steroid dienone is 1. The van der Waals surface area contributed by atoms with Crippen LogP contribution in [0.5, 0.6) is 0 Å². The van der Waals surface area contributed by atoms with Crippen LogP contribution in [0.3, 0.4) is 0 Å². The first-order valence-electron chi connectivity index (χ1n) is 8.06. The lowest BCUT2D eigenvalue weighted by Gasteiger charge is -2.37. The highest BCUT2D eigenvalue weighted by Crippen LogP contribution is 2.41. The largest absolute Gasteiger partial charge is 0.379 e. The minimum absolute atomic E-state index is 0.573. The highest BCUT2D eigenvalue weighted by molar-refractivity contribution is 4.84. The molecule has 18 heavy (non-hydrogen) atoms. The van der Waals surface area contributed by atoms with Gasteiger partial charge in [0.05, 0.1) is 6.10 Å². The van der Waals surface area contributed by atoms with Gasteiger partial charge in [-0.05, 0) is 82.5 Å². The van der Waals surface area contributed by atoms with E-state index in [4.69, 9.17) is 4.74 Å². The Kier molecular flexibility index (Phi) is 5.75. The van der Waals surface area contributed by atoms with Gasteiger partial charge in [0.15, 0.2) is 0 Å². The van der Waals surface area contributed by atoms with E-state index in [9.17, 15) is 0 Å². The lowest BCUT2D eigenvalue weighted by Crippen LogP contribution is -2.28. The van der Waals surface area contributed by atoms with Crippen molar-refractivity contribution in [3.05, 3.63) is 12.7 Å². The topological polar surface area (TPSA) is 9.23 Å². The van der Waals surface area contributed by atoms with Gasteiger partial charge >= 0.3 is 0 Å². The van der Waals surface area contributed by atoms with Crippen molar-refractivity contribution < 1.29 is 4.74 Å². The molecule has 2 fully saturated rings. The molecule has 1 heteroatoms. The smallest absolute Gasteiger partial charge is 0.0575 e. The highest BCUT2D eigenvalue weighted by Gasteiger charge is 2.30. The summed E-state index contributed by atoms with van der Waals surface area (Å²) in [6.07, 6.45) is 15.2. The monoisotopic (exact) mass is 250 g/mol. The zero-order valence-electron chi connectivity index (χ0n) is 12.1. The minimum Gasteiger partial charge on any atom is -0.379 e. The summed E-state index contributed by atoms with van der Waals surface area (Å²) in [7, 11) is 0. The van der Waals surface area contributed by atoms with E-state index in [1.807, 2.05) is 0 Å². The number of ether oxygens (including phenoxy) is 1. The molecule has 0 aromatic carbocycles. The molecule has 0 N–H and O–H groups in total. The number of hydrogen-bond acceptors (Lipinski definition) is 1. The Hall–Kier alpha value is -0.300. The maximum atomic E-state index is 5.76. The highest BCUT2D eigenvalue weighted by atomic mass is 16.5. The van der Waals surface area contributed by atoms with Gasteiger partial charge in [-0.1, -0.05) is 6.08 Å². The fourth-order valence-electron chi connectivity index (χ4n) is 4.09. The molecule has 0 unspecified atom stereocenters. The summed E-state index contributed by atoms with van der Waals surface area (Å²) in [5.74, 6) is 2.97. The van der Waals surface area contributed by atoms with E-state index in [0.29, 0.717) is 6.10 Å². The third kappa shape index (κ3) is 3.85. The van der Waals surface area contributed by atoms with Crippen molar-refractivity contribution in [1.29, 1.82) is 0 Å². The van der Waals surface area contributed by atoms with Gasteiger partial charge in [-0.15, -0.1) is 6.58 Å². The first kappa shape index (κ1) is 14.1. The van der Waals surface area contributed by atoms with Crippen LogP contribution < -0.4 is 0 Å². The second-order valence-electron chi connectivity index (χ2n) is 6.30. The van der Waals surface area contributed by atoms with Gasteiger partial charge in [0.1, 0.15) is 0 Å². The number of rotatable bonds is 5. The van der Waals surface area contributed by atoms with Gasteiger partial charge < -0.3 is 4.74 Å². The van der Waals surface area contributed by atoms with E-state index in [1.54, 1.807) is 0 Å². The molecule has 0 atom stereocenters. The molecule has 0 saturated heterocycles. The first-order chi connectivity index (χ1) is 8.83. The Labute approximate surface area is 113 Å². The lowest BCUT2D eigenvalue weighted by atomic mass is 9.70. The van der Waals surface area contributed by atoms with E-state index in [-0.39, 0.29) is 0 Å². The van der Waals surface area contributed by atoms with Crippen molar-refractivity contribution in [3.63, 3.8) is 0 Å². The van der Waals surface area contributed by atoms with Gasteiger partial charge in [0.2, 0.25) is 0 Å². The molecule has 0 aliphatic heterocycles. The molecule has 0 radical (unpaired) electrons. The van der Waals surface area contributed by atoms with Crippen LogP contribution in [0.15, 0.2) is 12.7 Å². The Morgan fingerprint density at radius 2 is 1.50 bits per heavy atom. The van der Waals surface area contributed by atoms with Crippen molar-refractivity contribution in [2.24, 2.45) is 17.8 Å². The summed E-state index contributed by atoms with van der Waals surface area (Å²) in [6.45, 7) is 6.88. The molecule has 0 bridgehead atoms. The summed E-state index contributed by atoms with van der Waals surface area (Å²) in [5, 5.41) is 0. The zero-order valence-corrected chi connectivity index (χ0v) is 12.1. The van der Waals surface area contributed by atoms with Crippen LogP contribution in [0.4, 0.5) is 0 Å². The van der Waals surface area contributed by atoms with E-state index in [2.05, 4.69) is 19.6 Å². The summed E-state index contributed by atoms with van der Waals surface area (Å²) in [6, 6.07) is 0. The summed E-state index contributed by atoms with van der Waals surface area (Å²) >= 11 is 0. The summed E-state index contributed by atoms with van der Waals surface area (Å²) in [4.78, 5) is 0. The molecule has 2 rings (SSSR count). The van der Waals surface area contributed by atoms with E-state index < -0.39 is 0 Å². The van der Waals surface area contributed by atoms with Crippen molar-refractivity contribution in [3.8, 4) is 0 Å². The average Bonchev–Trinajstić information content (AvgIpc) is 2.41. The van der Waals surface area contributed by atoms with Crippen molar-refractivity contribution in [2.45, 2.75) is 70.8 Å². The maximum absolute atomic E-state index is 5.76. The summed E-state index contributed by atoms with van der Waals surface area (Å²) in [5.41, 5.74) is 0. The zero-order chi connectivity index (χ0) is 12.8. The van der Waals surface area contributed by atoms with Crippen molar-refractivity contribution in [1.82, 2.24) is 0 Å². The van der Waals surface area contributed by atoms with Gasteiger partial charge in [-0.2, -0.15) is 0 Å². The SMILES string of the molecule is C=CCC1CCC(C2CCC(OCC)CC2)CC1. The minimum atomic E-state index is 0.573. The van der Waals surface area contributed by atoms with E-state index >= 15 is 0 Å². The van der Waals surface area contributed by atoms with Crippen LogP contribution in [0.1, 0.15) is 64.7 Å². The van der Waals surface area contributed by atoms with Crippen LogP contribution in [0, 0.1) is 17.8 Å². The van der Waals surface area contributed by atoms with Crippen LogP contribution in [-0.2, 0) is 4.74 Å². The van der Waals surface area contributed by atoms with Crippen LogP contribution >= 0.6 is 0 Å².